The van der Waals surface area contributed by atoms with Gasteiger partial charge in [-0.05, 0) is 18.4 Å². The molecule has 150 valence electrons. The molecule has 1 atom stereocenters. The predicted octanol–water partition coefficient (Wildman–Crippen LogP) is 0.754. The van der Waals surface area contributed by atoms with Crippen LogP contribution >= 0.6 is 0 Å². The molecule has 0 aliphatic heterocycles. The molecule has 27 heavy (non-hydrogen) atoms. The smallest absolute Gasteiger partial charge is 0.247 e. The SMILES string of the molecule is CCCCCCCC(=O)N[C@H](CC(=O)NCCc1ccc(=O)[nH]c1)C(N)=O. The quantitative estimate of drug-likeness (QED) is 0.377. The summed E-state index contributed by atoms with van der Waals surface area (Å²) in [6.45, 7) is 2.47. The molecule has 1 rings (SSSR count). The third kappa shape index (κ3) is 10.2. The zero-order valence-corrected chi connectivity index (χ0v) is 15.9. The average Bonchev–Trinajstić information content (AvgIpc) is 2.62. The van der Waals surface area contributed by atoms with E-state index in [0.717, 1.165) is 37.7 Å². The number of carbonyl (C=O) groups is 3. The van der Waals surface area contributed by atoms with Gasteiger partial charge in [0, 0.05) is 25.2 Å². The summed E-state index contributed by atoms with van der Waals surface area (Å²) < 4.78 is 0. The molecule has 1 aromatic rings. The lowest BCUT2D eigenvalue weighted by Crippen LogP contribution is -2.47. The number of aromatic amines is 1. The van der Waals surface area contributed by atoms with Crippen LogP contribution in [0.15, 0.2) is 23.1 Å². The van der Waals surface area contributed by atoms with Crippen LogP contribution in [0.25, 0.3) is 0 Å². The van der Waals surface area contributed by atoms with Gasteiger partial charge in [-0.2, -0.15) is 0 Å². The molecule has 1 heterocycles. The molecule has 5 N–H and O–H groups in total. The maximum Gasteiger partial charge on any atom is 0.247 e. The molecule has 0 fully saturated rings. The molecule has 3 amide bonds. The molecule has 0 spiro atoms. The van der Waals surface area contributed by atoms with Crippen molar-refractivity contribution in [2.75, 3.05) is 6.54 Å². The van der Waals surface area contributed by atoms with Gasteiger partial charge in [0.05, 0.1) is 6.42 Å². The minimum Gasteiger partial charge on any atom is -0.368 e. The lowest BCUT2D eigenvalue weighted by Gasteiger charge is -2.15. The summed E-state index contributed by atoms with van der Waals surface area (Å²) >= 11 is 0. The number of H-pyrrole nitrogens is 1. The van der Waals surface area contributed by atoms with Gasteiger partial charge in [-0.25, -0.2) is 0 Å². The first-order valence-corrected chi connectivity index (χ1v) is 9.45. The monoisotopic (exact) mass is 378 g/mol. The van der Waals surface area contributed by atoms with E-state index in [-0.39, 0.29) is 23.8 Å². The highest BCUT2D eigenvalue weighted by molar-refractivity contribution is 5.91. The Hall–Kier alpha value is -2.64. The Morgan fingerprint density at radius 3 is 2.48 bits per heavy atom. The topological polar surface area (TPSA) is 134 Å². The normalized spacial score (nSPS) is 11.6. The Balaban J connectivity index is 2.32. The average molecular weight is 378 g/mol. The molecule has 0 aliphatic carbocycles. The number of nitrogens with one attached hydrogen (secondary N) is 3. The molecular weight excluding hydrogens is 348 g/mol. The number of rotatable bonds is 13. The van der Waals surface area contributed by atoms with Gasteiger partial charge in [0.25, 0.3) is 0 Å². The van der Waals surface area contributed by atoms with Gasteiger partial charge in [0.1, 0.15) is 6.04 Å². The predicted molar refractivity (Wildman–Crippen MR) is 103 cm³/mol. The minimum atomic E-state index is -1.01. The van der Waals surface area contributed by atoms with Crippen molar-refractivity contribution in [1.29, 1.82) is 0 Å². The molecule has 0 saturated carbocycles. The number of carbonyl (C=O) groups excluding carboxylic acids is 3. The number of hydrogen-bond donors (Lipinski definition) is 4. The molecule has 8 heteroatoms. The second kappa shape index (κ2) is 12.7. The Labute approximate surface area is 159 Å². The van der Waals surface area contributed by atoms with E-state index in [4.69, 9.17) is 5.73 Å². The van der Waals surface area contributed by atoms with E-state index in [1.54, 1.807) is 12.3 Å². The van der Waals surface area contributed by atoms with E-state index in [9.17, 15) is 19.2 Å². The zero-order chi connectivity index (χ0) is 20.1. The largest absolute Gasteiger partial charge is 0.368 e. The van der Waals surface area contributed by atoms with Crippen LogP contribution in [0.2, 0.25) is 0 Å². The Kier molecular flexibility index (Phi) is 10.5. The maximum absolute atomic E-state index is 12.0. The van der Waals surface area contributed by atoms with Crippen molar-refractivity contribution in [2.24, 2.45) is 5.73 Å². The van der Waals surface area contributed by atoms with Crippen LogP contribution in [0.4, 0.5) is 0 Å². The van der Waals surface area contributed by atoms with E-state index in [2.05, 4.69) is 22.5 Å². The third-order valence-corrected chi connectivity index (χ3v) is 4.16. The number of nitrogens with two attached hydrogens (primary N) is 1. The van der Waals surface area contributed by atoms with E-state index < -0.39 is 11.9 Å². The molecule has 8 nitrogen and oxygen atoms in total. The van der Waals surface area contributed by atoms with Gasteiger partial charge >= 0.3 is 0 Å². The summed E-state index contributed by atoms with van der Waals surface area (Å²) in [5.74, 6) is -1.37. The summed E-state index contributed by atoms with van der Waals surface area (Å²) in [4.78, 5) is 49.0. The molecular formula is C19H30N4O4. The highest BCUT2D eigenvalue weighted by Crippen LogP contribution is 2.05. The van der Waals surface area contributed by atoms with Crippen LogP contribution < -0.4 is 21.9 Å². The van der Waals surface area contributed by atoms with Crippen molar-refractivity contribution in [3.05, 3.63) is 34.2 Å². The summed E-state index contributed by atoms with van der Waals surface area (Å²) in [6.07, 6.45) is 7.33. The van der Waals surface area contributed by atoms with E-state index in [1.807, 2.05) is 0 Å². The van der Waals surface area contributed by atoms with E-state index in [1.165, 1.54) is 6.07 Å². The van der Waals surface area contributed by atoms with Crippen LogP contribution in [0.5, 0.6) is 0 Å². The molecule has 0 bridgehead atoms. The van der Waals surface area contributed by atoms with Crippen LogP contribution in [0, 0.1) is 0 Å². The van der Waals surface area contributed by atoms with Crippen molar-refractivity contribution < 1.29 is 14.4 Å². The zero-order valence-electron chi connectivity index (χ0n) is 15.9. The summed E-state index contributed by atoms with van der Waals surface area (Å²) in [5.41, 5.74) is 5.98. The van der Waals surface area contributed by atoms with E-state index in [0.29, 0.717) is 19.4 Å². The molecule has 0 unspecified atom stereocenters. The van der Waals surface area contributed by atoms with Crippen LogP contribution in [-0.2, 0) is 20.8 Å². The highest BCUT2D eigenvalue weighted by atomic mass is 16.2. The lowest BCUT2D eigenvalue weighted by atomic mass is 10.1. The van der Waals surface area contributed by atoms with Gasteiger partial charge in [0.2, 0.25) is 23.3 Å². The van der Waals surface area contributed by atoms with Crippen LogP contribution in [0.1, 0.15) is 57.4 Å². The first-order chi connectivity index (χ1) is 12.9. The third-order valence-electron chi connectivity index (χ3n) is 4.16. The number of unbranched alkanes of at least 4 members (excludes halogenated alkanes) is 4. The van der Waals surface area contributed by atoms with E-state index >= 15 is 0 Å². The van der Waals surface area contributed by atoms with Crippen molar-refractivity contribution in [3.63, 3.8) is 0 Å². The van der Waals surface area contributed by atoms with Gasteiger partial charge in [-0.15, -0.1) is 0 Å². The summed E-state index contributed by atoms with van der Waals surface area (Å²) in [6, 6.07) is 2.08. The van der Waals surface area contributed by atoms with Gasteiger partial charge in [0.15, 0.2) is 0 Å². The standard InChI is InChI=1S/C19H30N4O4/c1-2-3-4-5-6-7-17(25)23-15(19(20)27)12-18(26)21-11-10-14-8-9-16(24)22-13-14/h8-9,13,15H,2-7,10-12H2,1H3,(H2,20,27)(H,21,26)(H,22,24)(H,23,25)/t15-/m1/s1. The van der Waals surface area contributed by atoms with Gasteiger partial charge in [-0.1, -0.05) is 38.7 Å². The van der Waals surface area contributed by atoms with Crippen LogP contribution in [-0.4, -0.2) is 35.3 Å². The first-order valence-electron chi connectivity index (χ1n) is 9.45. The molecule has 1 aromatic heterocycles. The number of primary amides is 1. The number of amides is 3. The second-order valence-electron chi connectivity index (χ2n) is 6.55. The number of hydrogen-bond acceptors (Lipinski definition) is 4. The number of pyridine rings is 1. The minimum absolute atomic E-state index is 0.187. The maximum atomic E-state index is 12.0. The van der Waals surface area contributed by atoms with Crippen molar-refractivity contribution in [1.82, 2.24) is 15.6 Å². The fourth-order valence-electron chi connectivity index (χ4n) is 2.58. The summed E-state index contributed by atoms with van der Waals surface area (Å²) in [7, 11) is 0. The Bertz CT molecular complexity index is 651. The van der Waals surface area contributed by atoms with Gasteiger partial charge in [-0.3, -0.25) is 19.2 Å². The lowest BCUT2D eigenvalue weighted by molar-refractivity contribution is -0.130. The van der Waals surface area contributed by atoms with Crippen molar-refractivity contribution >= 4 is 17.7 Å². The number of aromatic nitrogens is 1. The fraction of sp³-hybridized carbons (Fsp3) is 0.579. The highest BCUT2D eigenvalue weighted by Gasteiger charge is 2.21. The van der Waals surface area contributed by atoms with Crippen molar-refractivity contribution in [2.45, 2.75) is 64.3 Å². The first kappa shape index (κ1) is 22.4. The molecule has 0 radical (unpaired) electrons. The fourth-order valence-corrected chi connectivity index (χ4v) is 2.58. The summed E-state index contributed by atoms with van der Waals surface area (Å²) in [5, 5.41) is 5.22. The van der Waals surface area contributed by atoms with Crippen molar-refractivity contribution in [3.8, 4) is 0 Å². The second-order valence-corrected chi connectivity index (χ2v) is 6.55. The molecule has 0 aliphatic rings. The molecule has 0 aromatic carbocycles. The molecule has 0 saturated heterocycles. The Morgan fingerprint density at radius 2 is 1.85 bits per heavy atom. The van der Waals surface area contributed by atoms with Crippen LogP contribution in [0.3, 0.4) is 0 Å². The van der Waals surface area contributed by atoms with Gasteiger partial charge < -0.3 is 21.4 Å². The Morgan fingerprint density at radius 1 is 1.11 bits per heavy atom.